The molecule has 0 saturated carbocycles. The first-order chi connectivity index (χ1) is 9.38. The zero-order valence-corrected chi connectivity index (χ0v) is 12.3. The molecule has 0 radical (unpaired) electrons. The van der Waals surface area contributed by atoms with Gasteiger partial charge in [-0.1, -0.05) is 19.9 Å². The molecular weight excluding hydrogens is 258 g/mol. The summed E-state index contributed by atoms with van der Waals surface area (Å²) in [6.07, 6.45) is 0. The molecule has 0 heterocycles. The van der Waals surface area contributed by atoms with E-state index in [9.17, 15) is 14.9 Å². The van der Waals surface area contributed by atoms with E-state index in [1.54, 1.807) is 19.2 Å². The van der Waals surface area contributed by atoms with Crippen LogP contribution in [0.1, 0.15) is 31.1 Å². The molecule has 1 aromatic carbocycles. The van der Waals surface area contributed by atoms with Gasteiger partial charge in [-0.05, 0) is 25.0 Å². The second-order valence-electron chi connectivity index (χ2n) is 5.07. The first kappa shape index (κ1) is 15.9. The van der Waals surface area contributed by atoms with Crippen LogP contribution in [-0.4, -0.2) is 35.9 Å². The minimum absolute atomic E-state index is 0.122. The normalized spacial score (nSPS) is 10.4. The minimum atomic E-state index is -0.506. The lowest BCUT2D eigenvalue weighted by Gasteiger charge is -2.19. The molecule has 1 rings (SSSR count). The molecule has 0 atom stereocenters. The third kappa shape index (κ3) is 3.69. The van der Waals surface area contributed by atoms with Gasteiger partial charge in [0.2, 0.25) is 0 Å². The van der Waals surface area contributed by atoms with Gasteiger partial charge >= 0.3 is 5.69 Å². The third-order valence-electron chi connectivity index (χ3n) is 2.80. The summed E-state index contributed by atoms with van der Waals surface area (Å²) in [6.45, 7) is 6.95. The fourth-order valence-electron chi connectivity index (χ4n) is 2.08. The first-order valence-electron chi connectivity index (χ1n) is 6.65. The van der Waals surface area contributed by atoms with Crippen LogP contribution in [0.2, 0.25) is 0 Å². The molecule has 1 aromatic rings. The van der Waals surface area contributed by atoms with Gasteiger partial charge in [0.25, 0.3) is 5.91 Å². The van der Waals surface area contributed by atoms with Crippen LogP contribution < -0.4 is 5.32 Å². The maximum Gasteiger partial charge on any atom is 0.305 e. The highest BCUT2D eigenvalue weighted by atomic mass is 16.6. The van der Waals surface area contributed by atoms with Crippen LogP contribution in [0.5, 0.6) is 0 Å². The fraction of sp³-hybridized carbons (Fsp3) is 0.500. The summed E-state index contributed by atoms with van der Waals surface area (Å²) in [7, 11) is 1.66. The predicted molar refractivity (Wildman–Crippen MR) is 79.1 cm³/mol. The molecule has 0 bridgehead atoms. The minimum Gasteiger partial charge on any atom is -0.380 e. The number of hydrogen-bond acceptors (Lipinski definition) is 4. The standard InChI is InChI=1S/C14H21N3O3/c1-5-15-12-8-6-7-11(13(12)17(19)20)14(18)16(4)9-10(2)3/h6-8,10,15H,5,9H2,1-4H3. The summed E-state index contributed by atoms with van der Waals surface area (Å²) in [4.78, 5) is 24.6. The summed E-state index contributed by atoms with van der Waals surface area (Å²) < 4.78 is 0. The molecule has 0 fully saturated rings. The van der Waals surface area contributed by atoms with Crippen LogP contribution in [-0.2, 0) is 0 Å². The molecule has 20 heavy (non-hydrogen) atoms. The second kappa shape index (κ2) is 6.88. The molecule has 110 valence electrons. The van der Waals surface area contributed by atoms with Crippen molar-refractivity contribution in [3.63, 3.8) is 0 Å². The lowest BCUT2D eigenvalue weighted by Crippen LogP contribution is -2.30. The van der Waals surface area contributed by atoms with E-state index in [-0.39, 0.29) is 17.2 Å². The molecule has 6 nitrogen and oxygen atoms in total. The fourth-order valence-corrected chi connectivity index (χ4v) is 2.08. The highest BCUT2D eigenvalue weighted by Crippen LogP contribution is 2.29. The van der Waals surface area contributed by atoms with Gasteiger partial charge < -0.3 is 10.2 Å². The molecule has 0 saturated heterocycles. The molecule has 6 heteroatoms. The Hall–Kier alpha value is -2.11. The Morgan fingerprint density at radius 3 is 2.60 bits per heavy atom. The maximum absolute atomic E-state index is 12.4. The number of amides is 1. The molecule has 1 amide bonds. The van der Waals surface area contributed by atoms with Gasteiger partial charge in [-0.3, -0.25) is 14.9 Å². The van der Waals surface area contributed by atoms with E-state index in [0.717, 1.165) is 0 Å². The number of carbonyl (C=O) groups is 1. The van der Waals surface area contributed by atoms with Crippen molar-refractivity contribution in [1.29, 1.82) is 0 Å². The van der Waals surface area contributed by atoms with Gasteiger partial charge in [0.1, 0.15) is 11.3 Å². The second-order valence-corrected chi connectivity index (χ2v) is 5.07. The zero-order chi connectivity index (χ0) is 15.3. The summed E-state index contributed by atoms with van der Waals surface area (Å²) in [5, 5.41) is 14.2. The zero-order valence-electron chi connectivity index (χ0n) is 12.3. The Morgan fingerprint density at radius 1 is 1.45 bits per heavy atom. The van der Waals surface area contributed by atoms with Crippen molar-refractivity contribution in [1.82, 2.24) is 4.90 Å². The molecule has 0 aliphatic rings. The van der Waals surface area contributed by atoms with Crippen molar-refractivity contribution in [2.75, 3.05) is 25.5 Å². The molecule has 0 aliphatic carbocycles. The average Bonchev–Trinajstić information content (AvgIpc) is 2.36. The average molecular weight is 279 g/mol. The quantitative estimate of drug-likeness (QED) is 0.641. The number of anilines is 1. The van der Waals surface area contributed by atoms with Gasteiger partial charge in [-0.25, -0.2) is 0 Å². The van der Waals surface area contributed by atoms with Crippen molar-refractivity contribution in [3.05, 3.63) is 33.9 Å². The van der Waals surface area contributed by atoms with Crippen LogP contribution in [0.25, 0.3) is 0 Å². The van der Waals surface area contributed by atoms with Crippen molar-refractivity contribution >= 4 is 17.3 Å². The van der Waals surface area contributed by atoms with Gasteiger partial charge in [-0.2, -0.15) is 0 Å². The van der Waals surface area contributed by atoms with Gasteiger partial charge in [-0.15, -0.1) is 0 Å². The topological polar surface area (TPSA) is 75.5 Å². The Morgan fingerprint density at radius 2 is 2.10 bits per heavy atom. The highest BCUT2D eigenvalue weighted by Gasteiger charge is 2.26. The van der Waals surface area contributed by atoms with E-state index >= 15 is 0 Å². The predicted octanol–water partition coefficient (Wildman–Crippen LogP) is 2.75. The van der Waals surface area contributed by atoms with Crippen molar-refractivity contribution in [3.8, 4) is 0 Å². The Labute approximate surface area is 118 Å². The van der Waals surface area contributed by atoms with Crippen LogP contribution in [0, 0.1) is 16.0 Å². The lowest BCUT2D eigenvalue weighted by atomic mass is 10.1. The number of para-hydroxylation sites is 1. The van der Waals surface area contributed by atoms with Gasteiger partial charge in [0.15, 0.2) is 0 Å². The number of hydrogen-bond donors (Lipinski definition) is 1. The number of nitro benzene ring substituents is 1. The number of nitrogens with one attached hydrogen (secondary N) is 1. The Balaban J connectivity index is 3.20. The molecule has 0 spiro atoms. The van der Waals surface area contributed by atoms with Crippen LogP contribution in [0.4, 0.5) is 11.4 Å². The monoisotopic (exact) mass is 279 g/mol. The molecule has 0 unspecified atom stereocenters. The smallest absolute Gasteiger partial charge is 0.305 e. The number of rotatable bonds is 6. The Bertz CT molecular complexity index is 500. The van der Waals surface area contributed by atoms with E-state index in [2.05, 4.69) is 5.32 Å². The van der Waals surface area contributed by atoms with E-state index in [1.165, 1.54) is 11.0 Å². The lowest BCUT2D eigenvalue weighted by molar-refractivity contribution is -0.384. The summed E-state index contributed by atoms with van der Waals surface area (Å²) >= 11 is 0. The molecule has 0 aromatic heterocycles. The maximum atomic E-state index is 12.4. The SMILES string of the molecule is CCNc1cccc(C(=O)N(C)CC(C)C)c1[N+](=O)[O-]. The van der Waals surface area contributed by atoms with Crippen LogP contribution >= 0.6 is 0 Å². The van der Waals surface area contributed by atoms with E-state index in [4.69, 9.17) is 0 Å². The van der Waals surface area contributed by atoms with Crippen LogP contribution in [0.3, 0.4) is 0 Å². The molecule has 0 aliphatic heterocycles. The number of nitro groups is 1. The van der Waals surface area contributed by atoms with Gasteiger partial charge in [0.05, 0.1) is 4.92 Å². The van der Waals surface area contributed by atoms with E-state index in [0.29, 0.717) is 24.7 Å². The van der Waals surface area contributed by atoms with E-state index < -0.39 is 4.92 Å². The summed E-state index contributed by atoms with van der Waals surface area (Å²) in [5.74, 6) is -0.0230. The molecule has 1 N–H and O–H groups in total. The van der Waals surface area contributed by atoms with Crippen molar-refractivity contribution < 1.29 is 9.72 Å². The number of benzene rings is 1. The molecular formula is C14H21N3O3. The summed E-state index contributed by atoms with van der Waals surface area (Å²) in [6, 6.07) is 4.76. The number of nitrogens with zero attached hydrogens (tertiary/aromatic N) is 2. The number of carbonyl (C=O) groups excluding carboxylic acids is 1. The van der Waals surface area contributed by atoms with Crippen molar-refractivity contribution in [2.45, 2.75) is 20.8 Å². The third-order valence-corrected chi connectivity index (χ3v) is 2.80. The van der Waals surface area contributed by atoms with E-state index in [1.807, 2.05) is 20.8 Å². The van der Waals surface area contributed by atoms with Crippen molar-refractivity contribution in [2.24, 2.45) is 5.92 Å². The Kier molecular flexibility index (Phi) is 5.49. The van der Waals surface area contributed by atoms with Gasteiger partial charge in [0, 0.05) is 20.1 Å². The highest BCUT2D eigenvalue weighted by molar-refractivity contribution is 6.00. The first-order valence-corrected chi connectivity index (χ1v) is 6.65. The van der Waals surface area contributed by atoms with Crippen LogP contribution in [0.15, 0.2) is 18.2 Å². The largest absolute Gasteiger partial charge is 0.380 e. The summed E-state index contributed by atoms with van der Waals surface area (Å²) in [5.41, 5.74) is 0.341.